The third-order valence-electron chi connectivity index (χ3n) is 10.9. The number of fused-ring (bicyclic) bond motifs is 1. The largest absolute Gasteiger partial charge is 0.494 e. The maximum absolute atomic E-state index is 13.4. The molecule has 4 aliphatic rings. The number of carbonyl (C=O) groups is 4. The van der Waals surface area contributed by atoms with Gasteiger partial charge in [-0.3, -0.25) is 34.3 Å². The minimum Gasteiger partial charge on any atom is -0.494 e. The zero-order valence-corrected chi connectivity index (χ0v) is 29.7. The number of unbranched alkanes of at least 4 members (excludes halogenated alkanes) is 1. The molecule has 1 N–H and O–H groups in total. The summed E-state index contributed by atoms with van der Waals surface area (Å²) in [5.41, 5.74) is 1.84. The number of nitrogens with zero attached hydrogens (tertiary/aromatic N) is 5. The molecule has 11 nitrogen and oxygen atoms in total. The number of anilines is 2. The Labute approximate surface area is 311 Å². The Kier molecular flexibility index (Phi) is 10.6. The molecule has 4 aliphatic heterocycles. The third-order valence-corrected chi connectivity index (χ3v) is 10.9. The van der Waals surface area contributed by atoms with Crippen molar-refractivity contribution in [2.45, 2.75) is 56.7 Å². The number of ether oxygens (including phenoxy) is 1. The normalized spacial score (nSPS) is 19.9. The molecule has 4 heterocycles. The quantitative estimate of drug-likeness (QED) is 0.216. The molecule has 0 bridgehead atoms. The number of benzene rings is 3. The lowest BCUT2D eigenvalue weighted by molar-refractivity contribution is -0.138. The highest BCUT2D eigenvalue weighted by Crippen LogP contribution is 2.37. The molecule has 3 saturated heterocycles. The van der Waals surface area contributed by atoms with Crippen LogP contribution in [0.1, 0.15) is 81.8 Å². The van der Waals surface area contributed by atoms with Crippen LogP contribution >= 0.6 is 0 Å². The van der Waals surface area contributed by atoms with E-state index in [0.717, 1.165) is 80.8 Å². The summed E-state index contributed by atoms with van der Waals surface area (Å²) in [5, 5.41) is 11.3. The van der Waals surface area contributed by atoms with Crippen LogP contribution in [-0.2, 0) is 15.8 Å². The maximum atomic E-state index is 13.4. The number of nitriles is 1. The fraction of sp³-hybridized carbons (Fsp3) is 0.425. The van der Waals surface area contributed by atoms with Crippen molar-refractivity contribution in [1.29, 1.82) is 5.26 Å². The summed E-state index contributed by atoms with van der Waals surface area (Å²) >= 11 is 0. The number of nitrogens with one attached hydrogen (secondary N) is 1. The van der Waals surface area contributed by atoms with Crippen LogP contribution in [0.2, 0.25) is 0 Å². The van der Waals surface area contributed by atoms with Gasteiger partial charge in [-0.25, -0.2) is 0 Å². The summed E-state index contributed by atoms with van der Waals surface area (Å²) < 4.78 is 46.3. The first-order valence-electron chi connectivity index (χ1n) is 18.4. The standard InChI is InChI=1S/C40H41F3N6O5/c41-40(42,43)34-24-30(6-3-28(34)25-44)47-16-13-27(14-17-47)26-4-8-31(9-5-26)54-22-2-1-15-46-18-20-48(21-19-46)29-7-10-32-33(23-29)39(53)49(38(32)52)35-11-12-36(50)45-37(35)51/h3-10,23-24,27,35H,1-2,11-22H2,(H,45,50,51). The Morgan fingerprint density at radius 2 is 1.44 bits per heavy atom. The summed E-state index contributed by atoms with van der Waals surface area (Å²) in [7, 11) is 0. The SMILES string of the molecule is N#Cc1ccc(N2CCC(c3ccc(OCCCCN4CCN(c5ccc6c(c5)C(=O)N(C5CCC(=O)NC5=O)C6=O)CC4)cc3)CC2)cc1C(F)(F)F. The Morgan fingerprint density at radius 3 is 2.13 bits per heavy atom. The molecular formula is C40H41F3N6O5. The van der Waals surface area contributed by atoms with Gasteiger partial charge in [0.15, 0.2) is 0 Å². The van der Waals surface area contributed by atoms with Crippen molar-refractivity contribution in [2.24, 2.45) is 0 Å². The minimum absolute atomic E-state index is 0.0810. The van der Waals surface area contributed by atoms with Crippen LogP contribution in [0.25, 0.3) is 0 Å². The number of carbonyl (C=O) groups excluding carboxylic acids is 4. The Balaban J connectivity index is 0.811. The molecule has 54 heavy (non-hydrogen) atoms. The van der Waals surface area contributed by atoms with E-state index in [1.54, 1.807) is 24.3 Å². The Morgan fingerprint density at radius 1 is 0.778 bits per heavy atom. The van der Waals surface area contributed by atoms with Crippen LogP contribution in [0.5, 0.6) is 5.75 Å². The van der Waals surface area contributed by atoms with Gasteiger partial charge in [0.25, 0.3) is 11.8 Å². The molecule has 282 valence electrons. The second-order valence-electron chi connectivity index (χ2n) is 14.2. The zero-order valence-electron chi connectivity index (χ0n) is 29.7. The molecule has 1 unspecified atom stereocenters. The number of alkyl halides is 3. The van der Waals surface area contributed by atoms with Crippen molar-refractivity contribution < 1.29 is 37.1 Å². The van der Waals surface area contributed by atoms with Crippen LogP contribution in [0.3, 0.4) is 0 Å². The van der Waals surface area contributed by atoms with Gasteiger partial charge in [-0.1, -0.05) is 12.1 Å². The molecule has 1 atom stereocenters. The second kappa shape index (κ2) is 15.5. The molecular weight excluding hydrogens is 701 g/mol. The van der Waals surface area contributed by atoms with Crippen molar-refractivity contribution in [2.75, 3.05) is 62.2 Å². The van der Waals surface area contributed by atoms with E-state index in [1.807, 2.05) is 23.1 Å². The monoisotopic (exact) mass is 742 g/mol. The lowest BCUT2D eigenvalue weighted by Gasteiger charge is -2.36. The molecule has 0 saturated carbocycles. The summed E-state index contributed by atoms with van der Waals surface area (Å²) in [5.74, 6) is -0.924. The number of imide groups is 2. The van der Waals surface area contributed by atoms with Gasteiger partial charge < -0.3 is 14.5 Å². The minimum atomic E-state index is -4.57. The summed E-state index contributed by atoms with van der Waals surface area (Å²) in [6.45, 7) is 6.05. The average molecular weight is 743 g/mol. The molecule has 14 heteroatoms. The fourth-order valence-electron chi connectivity index (χ4n) is 7.88. The molecule has 3 aromatic carbocycles. The number of amides is 4. The molecule has 0 spiro atoms. The van der Waals surface area contributed by atoms with Gasteiger partial charge in [-0.15, -0.1) is 0 Å². The van der Waals surface area contributed by atoms with E-state index in [0.29, 0.717) is 31.3 Å². The van der Waals surface area contributed by atoms with Crippen molar-refractivity contribution in [3.05, 3.63) is 88.5 Å². The summed E-state index contributed by atoms with van der Waals surface area (Å²) in [4.78, 5) is 57.7. The van der Waals surface area contributed by atoms with Gasteiger partial charge in [0, 0.05) is 57.1 Å². The highest BCUT2D eigenvalue weighted by Gasteiger charge is 2.45. The first-order chi connectivity index (χ1) is 26.0. The first-order valence-corrected chi connectivity index (χ1v) is 18.4. The van der Waals surface area contributed by atoms with Crippen LogP contribution in [-0.4, -0.2) is 91.9 Å². The topological polar surface area (TPSA) is 126 Å². The zero-order chi connectivity index (χ0) is 38.0. The third kappa shape index (κ3) is 7.77. The Bertz CT molecular complexity index is 1960. The first kappa shape index (κ1) is 36.9. The lowest BCUT2D eigenvalue weighted by atomic mass is 9.89. The number of piperazine rings is 1. The maximum Gasteiger partial charge on any atom is 0.417 e. The van der Waals surface area contributed by atoms with Crippen molar-refractivity contribution in [3.8, 4) is 11.8 Å². The number of rotatable bonds is 10. The van der Waals surface area contributed by atoms with Gasteiger partial charge in [0.1, 0.15) is 11.8 Å². The molecule has 0 aliphatic carbocycles. The second-order valence-corrected chi connectivity index (χ2v) is 14.2. The van der Waals surface area contributed by atoms with Gasteiger partial charge in [0.2, 0.25) is 11.8 Å². The van der Waals surface area contributed by atoms with E-state index in [2.05, 4.69) is 27.2 Å². The van der Waals surface area contributed by atoms with Crippen LogP contribution < -0.4 is 19.9 Å². The van der Waals surface area contributed by atoms with E-state index >= 15 is 0 Å². The van der Waals surface area contributed by atoms with Gasteiger partial charge in [-0.2, -0.15) is 18.4 Å². The average Bonchev–Trinajstić information content (AvgIpc) is 3.42. The number of hydrogen-bond donors (Lipinski definition) is 1. The predicted molar refractivity (Wildman–Crippen MR) is 193 cm³/mol. The van der Waals surface area contributed by atoms with Crippen LogP contribution in [0.4, 0.5) is 24.5 Å². The fourth-order valence-corrected chi connectivity index (χ4v) is 7.88. The molecule has 0 aromatic heterocycles. The summed E-state index contributed by atoms with van der Waals surface area (Å²) in [6, 6.07) is 17.9. The van der Waals surface area contributed by atoms with Gasteiger partial charge >= 0.3 is 6.18 Å². The van der Waals surface area contributed by atoms with Crippen LogP contribution in [0.15, 0.2) is 60.7 Å². The Hall–Kier alpha value is -5.42. The predicted octanol–water partition coefficient (Wildman–Crippen LogP) is 5.34. The lowest BCUT2D eigenvalue weighted by Crippen LogP contribution is -2.54. The van der Waals surface area contributed by atoms with Crippen molar-refractivity contribution >= 4 is 35.0 Å². The van der Waals surface area contributed by atoms with Crippen LogP contribution in [0, 0.1) is 11.3 Å². The smallest absolute Gasteiger partial charge is 0.417 e. The number of piperidine rings is 2. The van der Waals surface area contributed by atoms with Gasteiger partial charge in [-0.05, 0) is 98.7 Å². The van der Waals surface area contributed by atoms with E-state index in [4.69, 9.17) is 10.00 Å². The molecule has 3 fully saturated rings. The highest BCUT2D eigenvalue weighted by atomic mass is 19.4. The highest BCUT2D eigenvalue weighted by molar-refractivity contribution is 6.23. The molecule has 0 radical (unpaired) electrons. The van der Waals surface area contributed by atoms with E-state index in [1.165, 1.54) is 11.6 Å². The number of hydrogen-bond acceptors (Lipinski definition) is 9. The van der Waals surface area contributed by atoms with E-state index < -0.39 is 41.4 Å². The molecule has 3 aromatic rings. The molecule has 7 rings (SSSR count). The van der Waals surface area contributed by atoms with Crippen molar-refractivity contribution in [3.63, 3.8) is 0 Å². The summed E-state index contributed by atoms with van der Waals surface area (Å²) in [6.07, 6.45) is -0.862. The molecule has 4 amide bonds. The van der Waals surface area contributed by atoms with E-state index in [-0.39, 0.29) is 29.5 Å². The van der Waals surface area contributed by atoms with Crippen molar-refractivity contribution in [1.82, 2.24) is 15.1 Å². The van der Waals surface area contributed by atoms with E-state index in [9.17, 15) is 32.3 Å². The number of halogens is 3. The van der Waals surface area contributed by atoms with Gasteiger partial charge in [0.05, 0.1) is 34.9 Å².